The zero-order valence-corrected chi connectivity index (χ0v) is 13.3. The lowest BCUT2D eigenvalue weighted by molar-refractivity contribution is -0.128. The van der Waals surface area contributed by atoms with Gasteiger partial charge in [0, 0.05) is 6.20 Å². The quantitative estimate of drug-likeness (QED) is 0.913. The topological polar surface area (TPSA) is 62.2 Å². The minimum absolute atomic E-state index is 0.0906. The normalized spacial score (nSPS) is 21.8. The second-order valence-electron chi connectivity index (χ2n) is 6.22. The third-order valence-corrected chi connectivity index (χ3v) is 4.46. The molecule has 4 heteroatoms. The van der Waals surface area contributed by atoms with E-state index >= 15 is 0 Å². The van der Waals surface area contributed by atoms with Crippen molar-refractivity contribution in [1.82, 2.24) is 10.3 Å². The minimum Gasteiger partial charge on any atom is -0.392 e. The zero-order chi connectivity index (χ0) is 16.2. The summed E-state index contributed by atoms with van der Waals surface area (Å²) in [5.74, 6) is -0.404. The molecule has 1 aromatic carbocycles. The Hall–Kier alpha value is -2.20. The van der Waals surface area contributed by atoms with Crippen LogP contribution < -0.4 is 5.32 Å². The summed E-state index contributed by atoms with van der Waals surface area (Å²) in [6.45, 7) is 2.03. The highest BCUT2D eigenvalue weighted by Gasteiger charge is 2.33. The fraction of sp³-hybridized carbons (Fsp3) is 0.368. The van der Waals surface area contributed by atoms with Gasteiger partial charge in [-0.1, -0.05) is 35.9 Å². The summed E-state index contributed by atoms with van der Waals surface area (Å²) in [7, 11) is 0. The van der Waals surface area contributed by atoms with Crippen LogP contribution in [-0.2, 0) is 4.79 Å². The SMILES string of the molecule is Cc1cccc(C(NC(=O)C2CCCC2O)c2ccccn2)c1. The van der Waals surface area contributed by atoms with E-state index in [1.165, 1.54) is 0 Å². The van der Waals surface area contributed by atoms with E-state index in [4.69, 9.17) is 0 Å². The van der Waals surface area contributed by atoms with Gasteiger partial charge in [-0.15, -0.1) is 0 Å². The molecule has 2 N–H and O–H groups in total. The Morgan fingerprint density at radius 2 is 2.13 bits per heavy atom. The van der Waals surface area contributed by atoms with E-state index in [0.29, 0.717) is 6.42 Å². The fourth-order valence-electron chi connectivity index (χ4n) is 3.22. The monoisotopic (exact) mass is 310 g/mol. The van der Waals surface area contributed by atoms with Gasteiger partial charge < -0.3 is 10.4 Å². The molecule has 3 unspecified atom stereocenters. The number of nitrogens with one attached hydrogen (secondary N) is 1. The molecule has 1 aliphatic carbocycles. The fourth-order valence-corrected chi connectivity index (χ4v) is 3.22. The second-order valence-corrected chi connectivity index (χ2v) is 6.22. The molecule has 0 spiro atoms. The average molecular weight is 310 g/mol. The first kappa shape index (κ1) is 15.7. The van der Waals surface area contributed by atoms with E-state index in [1.54, 1.807) is 6.20 Å². The van der Waals surface area contributed by atoms with E-state index in [0.717, 1.165) is 29.7 Å². The highest BCUT2D eigenvalue weighted by atomic mass is 16.3. The lowest BCUT2D eigenvalue weighted by Crippen LogP contribution is -2.37. The lowest BCUT2D eigenvalue weighted by atomic mass is 9.98. The highest BCUT2D eigenvalue weighted by molar-refractivity contribution is 5.80. The molecule has 0 saturated heterocycles. The molecule has 23 heavy (non-hydrogen) atoms. The summed E-state index contributed by atoms with van der Waals surface area (Å²) in [5.41, 5.74) is 2.95. The van der Waals surface area contributed by atoms with Crippen LogP contribution in [0, 0.1) is 12.8 Å². The van der Waals surface area contributed by atoms with Gasteiger partial charge in [0.2, 0.25) is 5.91 Å². The van der Waals surface area contributed by atoms with E-state index in [2.05, 4.69) is 16.4 Å². The first-order valence-electron chi connectivity index (χ1n) is 8.11. The number of carbonyl (C=O) groups is 1. The highest BCUT2D eigenvalue weighted by Crippen LogP contribution is 2.28. The van der Waals surface area contributed by atoms with E-state index < -0.39 is 6.10 Å². The molecule has 1 aliphatic rings. The molecule has 1 saturated carbocycles. The van der Waals surface area contributed by atoms with Crippen molar-refractivity contribution >= 4 is 5.91 Å². The number of hydrogen-bond donors (Lipinski definition) is 2. The van der Waals surface area contributed by atoms with Crippen molar-refractivity contribution in [1.29, 1.82) is 0 Å². The number of nitrogens with zero attached hydrogens (tertiary/aromatic N) is 1. The molecule has 1 heterocycles. The Labute approximate surface area is 136 Å². The maximum atomic E-state index is 12.6. The summed E-state index contributed by atoms with van der Waals surface area (Å²) in [6, 6.07) is 13.5. The van der Waals surface area contributed by atoms with Crippen LogP contribution in [0.5, 0.6) is 0 Å². The predicted molar refractivity (Wildman–Crippen MR) is 88.7 cm³/mol. The van der Waals surface area contributed by atoms with Crippen molar-refractivity contribution in [3.63, 3.8) is 0 Å². The van der Waals surface area contributed by atoms with Crippen molar-refractivity contribution < 1.29 is 9.90 Å². The maximum absolute atomic E-state index is 12.6. The molecule has 120 valence electrons. The molecule has 1 fully saturated rings. The molecule has 2 aromatic rings. The van der Waals surface area contributed by atoms with E-state index in [1.807, 2.05) is 43.3 Å². The van der Waals surface area contributed by atoms with Gasteiger partial charge >= 0.3 is 0 Å². The van der Waals surface area contributed by atoms with Crippen LogP contribution in [0.3, 0.4) is 0 Å². The van der Waals surface area contributed by atoms with Gasteiger partial charge in [-0.05, 0) is 43.9 Å². The minimum atomic E-state index is -0.531. The molecule has 3 rings (SSSR count). The Kier molecular flexibility index (Phi) is 4.72. The summed E-state index contributed by atoms with van der Waals surface area (Å²) in [4.78, 5) is 17.0. The largest absolute Gasteiger partial charge is 0.392 e. The second kappa shape index (κ2) is 6.92. The van der Waals surface area contributed by atoms with Crippen molar-refractivity contribution in [2.45, 2.75) is 38.3 Å². The Balaban J connectivity index is 1.88. The Morgan fingerprint density at radius 3 is 2.78 bits per heavy atom. The number of hydrogen-bond acceptors (Lipinski definition) is 3. The predicted octanol–water partition coefficient (Wildman–Crippen LogP) is 2.76. The van der Waals surface area contributed by atoms with Crippen molar-refractivity contribution in [3.8, 4) is 0 Å². The van der Waals surface area contributed by atoms with Crippen LogP contribution in [0.15, 0.2) is 48.7 Å². The summed E-state index contributed by atoms with van der Waals surface area (Å²) >= 11 is 0. The van der Waals surface area contributed by atoms with Crippen LogP contribution in [0.2, 0.25) is 0 Å². The van der Waals surface area contributed by atoms with E-state index in [9.17, 15) is 9.90 Å². The molecule has 0 radical (unpaired) electrons. The molecular formula is C19H22N2O2. The molecule has 0 bridgehead atoms. The van der Waals surface area contributed by atoms with Gasteiger partial charge in [0.25, 0.3) is 0 Å². The van der Waals surface area contributed by atoms with Gasteiger partial charge in [-0.2, -0.15) is 0 Å². The molecular weight excluding hydrogens is 288 g/mol. The number of benzene rings is 1. The van der Waals surface area contributed by atoms with Crippen LogP contribution in [0.4, 0.5) is 0 Å². The van der Waals surface area contributed by atoms with Crippen LogP contribution in [0.1, 0.15) is 42.1 Å². The number of aliphatic hydroxyl groups excluding tert-OH is 1. The van der Waals surface area contributed by atoms with Gasteiger partial charge in [0.15, 0.2) is 0 Å². The summed E-state index contributed by atoms with van der Waals surface area (Å²) in [6.07, 6.45) is 3.55. The summed E-state index contributed by atoms with van der Waals surface area (Å²) < 4.78 is 0. The number of aliphatic hydroxyl groups is 1. The smallest absolute Gasteiger partial charge is 0.226 e. The van der Waals surface area contributed by atoms with Crippen molar-refractivity contribution in [2.24, 2.45) is 5.92 Å². The third-order valence-electron chi connectivity index (χ3n) is 4.46. The average Bonchev–Trinajstić information content (AvgIpc) is 2.99. The molecule has 1 amide bonds. The number of carbonyl (C=O) groups excluding carboxylic acids is 1. The van der Waals surface area contributed by atoms with Gasteiger partial charge in [0.05, 0.1) is 23.8 Å². The molecule has 1 aromatic heterocycles. The number of aryl methyl sites for hydroxylation is 1. The van der Waals surface area contributed by atoms with Crippen LogP contribution in [-0.4, -0.2) is 22.1 Å². The van der Waals surface area contributed by atoms with Gasteiger partial charge in [-0.25, -0.2) is 0 Å². The number of amides is 1. The molecule has 0 aliphatic heterocycles. The van der Waals surface area contributed by atoms with Gasteiger partial charge in [0.1, 0.15) is 0 Å². The molecule has 4 nitrogen and oxygen atoms in total. The first-order valence-corrected chi connectivity index (χ1v) is 8.11. The Bertz CT molecular complexity index is 672. The lowest BCUT2D eigenvalue weighted by Gasteiger charge is -2.22. The summed E-state index contributed by atoms with van der Waals surface area (Å²) in [5, 5.41) is 13.1. The van der Waals surface area contributed by atoms with Crippen molar-refractivity contribution in [2.75, 3.05) is 0 Å². The number of aromatic nitrogens is 1. The van der Waals surface area contributed by atoms with Crippen molar-refractivity contribution in [3.05, 3.63) is 65.5 Å². The third kappa shape index (κ3) is 3.59. The van der Waals surface area contributed by atoms with E-state index in [-0.39, 0.29) is 17.9 Å². The number of pyridine rings is 1. The maximum Gasteiger partial charge on any atom is 0.226 e. The van der Waals surface area contributed by atoms with Gasteiger partial charge in [-0.3, -0.25) is 9.78 Å². The standard InChI is InChI=1S/C19H22N2O2/c1-13-6-4-7-14(12-13)18(16-9-2-3-11-20-16)21-19(23)15-8-5-10-17(15)22/h2-4,6-7,9,11-12,15,17-18,22H,5,8,10H2,1H3,(H,21,23). The molecule has 3 atom stereocenters. The first-order chi connectivity index (χ1) is 11.1. The number of rotatable bonds is 4. The van der Waals surface area contributed by atoms with Crippen LogP contribution >= 0.6 is 0 Å². The Morgan fingerprint density at radius 1 is 1.26 bits per heavy atom. The zero-order valence-electron chi connectivity index (χ0n) is 13.3. The van der Waals surface area contributed by atoms with Crippen LogP contribution in [0.25, 0.3) is 0 Å².